The van der Waals surface area contributed by atoms with Crippen LogP contribution in [0, 0.1) is 5.92 Å². The number of hydrogen-bond donors (Lipinski definition) is 2. The van der Waals surface area contributed by atoms with Crippen molar-refractivity contribution in [1.29, 1.82) is 0 Å². The summed E-state index contributed by atoms with van der Waals surface area (Å²) in [4.78, 5) is 4.32. The Morgan fingerprint density at radius 2 is 2.19 bits per heavy atom. The number of nitrogens with zero attached hydrogens (tertiary/aromatic N) is 1. The molecule has 0 amide bonds. The van der Waals surface area contributed by atoms with Gasteiger partial charge in [-0.05, 0) is 43.0 Å². The minimum atomic E-state index is 0.743. The molecule has 3 N–H and O–H groups in total. The molecule has 1 fully saturated rings. The molecular formula is C13H15N3. The number of aromatic nitrogens is 1. The highest BCUT2D eigenvalue weighted by Crippen LogP contribution is 2.31. The number of anilines is 2. The van der Waals surface area contributed by atoms with Crippen LogP contribution < -0.4 is 11.1 Å². The normalized spacial score (nSPS) is 15.2. The van der Waals surface area contributed by atoms with Gasteiger partial charge in [-0.2, -0.15) is 0 Å². The third-order valence-corrected chi connectivity index (χ3v) is 3.08. The minimum absolute atomic E-state index is 0.743. The molecule has 0 unspecified atom stereocenters. The van der Waals surface area contributed by atoms with Gasteiger partial charge in [0.05, 0.1) is 11.2 Å². The molecule has 1 saturated carbocycles. The lowest BCUT2D eigenvalue weighted by Gasteiger charge is -2.10. The number of benzene rings is 1. The van der Waals surface area contributed by atoms with Crippen molar-refractivity contribution in [1.82, 2.24) is 4.98 Å². The third kappa shape index (κ3) is 1.69. The standard InChI is InChI=1S/C13H15N3/c14-11-5-6-12(16-8-9-3-4-9)10-2-1-7-15-13(10)11/h1-2,5-7,9,16H,3-4,8,14H2. The second-order valence-corrected chi connectivity index (χ2v) is 4.43. The summed E-state index contributed by atoms with van der Waals surface area (Å²) < 4.78 is 0. The van der Waals surface area contributed by atoms with Crippen LogP contribution >= 0.6 is 0 Å². The number of nitrogens with one attached hydrogen (secondary N) is 1. The second-order valence-electron chi connectivity index (χ2n) is 4.43. The van der Waals surface area contributed by atoms with Crippen LogP contribution in [-0.2, 0) is 0 Å². The third-order valence-electron chi connectivity index (χ3n) is 3.08. The number of hydrogen-bond acceptors (Lipinski definition) is 3. The zero-order valence-electron chi connectivity index (χ0n) is 9.11. The van der Waals surface area contributed by atoms with Gasteiger partial charge in [-0.15, -0.1) is 0 Å². The van der Waals surface area contributed by atoms with Crippen LogP contribution in [0.2, 0.25) is 0 Å². The summed E-state index contributed by atoms with van der Waals surface area (Å²) >= 11 is 0. The predicted octanol–water partition coefficient (Wildman–Crippen LogP) is 2.64. The number of fused-ring (bicyclic) bond motifs is 1. The smallest absolute Gasteiger partial charge is 0.0951 e. The monoisotopic (exact) mass is 213 g/mol. The molecule has 0 saturated heterocycles. The molecule has 3 rings (SSSR count). The molecular weight excluding hydrogens is 198 g/mol. The molecule has 3 heteroatoms. The summed E-state index contributed by atoms with van der Waals surface area (Å²) in [5, 5.41) is 4.60. The molecule has 3 nitrogen and oxygen atoms in total. The van der Waals surface area contributed by atoms with Crippen LogP contribution in [0.1, 0.15) is 12.8 Å². The second kappa shape index (κ2) is 3.67. The van der Waals surface area contributed by atoms with Gasteiger partial charge in [0.15, 0.2) is 0 Å². The fourth-order valence-corrected chi connectivity index (χ4v) is 1.92. The minimum Gasteiger partial charge on any atom is -0.397 e. The summed E-state index contributed by atoms with van der Waals surface area (Å²) in [6.07, 6.45) is 4.50. The van der Waals surface area contributed by atoms with Crippen molar-refractivity contribution >= 4 is 22.3 Å². The first-order valence-electron chi connectivity index (χ1n) is 5.71. The lowest BCUT2D eigenvalue weighted by atomic mass is 10.1. The zero-order chi connectivity index (χ0) is 11.0. The van der Waals surface area contributed by atoms with E-state index >= 15 is 0 Å². The highest BCUT2D eigenvalue weighted by Gasteiger charge is 2.20. The Hall–Kier alpha value is -1.77. The molecule has 0 aliphatic heterocycles. The van der Waals surface area contributed by atoms with Gasteiger partial charge in [0.25, 0.3) is 0 Å². The topological polar surface area (TPSA) is 50.9 Å². The van der Waals surface area contributed by atoms with E-state index in [0.717, 1.165) is 34.7 Å². The van der Waals surface area contributed by atoms with E-state index in [9.17, 15) is 0 Å². The van der Waals surface area contributed by atoms with Crippen LogP contribution in [0.15, 0.2) is 30.5 Å². The van der Waals surface area contributed by atoms with E-state index in [4.69, 9.17) is 5.73 Å². The number of pyridine rings is 1. The van der Waals surface area contributed by atoms with Crippen LogP contribution in [0.25, 0.3) is 10.9 Å². The first-order valence-corrected chi connectivity index (χ1v) is 5.71. The Morgan fingerprint density at radius 1 is 1.31 bits per heavy atom. The van der Waals surface area contributed by atoms with Crippen molar-refractivity contribution in [2.24, 2.45) is 5.92 Å². The van der Waals surface area contributed by atoms with Crippen LogP contribution in [0.3, 0.4) is 0 Å². The highest BCUT2D eigenvalue weighted by atomic mass is 14.9. The van der Waals surface area contributed by atoms with E-state index in [1.807, 2.05) is 18.2 Å². The van der Waals surface area contributed by atoms with Gasteiger partial charge < -0.3 is 11.1 Å². The summed E-state index contributed by atoms with van der Waals surface area (Å²) in [7, 11) is 0. The summed E-state index contributed by atoms with van der Waals surface area (Å²) in [5.41, 5.74) is 8.68. The van der Waals surface area contributed by atoms with Gasteiger partial charge >= 0.3 is 0 Å². The molecule has 1 heterocycles. The van der Waals surface area contributed by atoms with Gasteiger partial charge in [-0.1, -0.05) is 0 Å². The average Bonchev–Trinajstić information content (AvgIpc) is 3.13. The maximum absolute atomic E-state index is 5.90. The van der Waals surface area contributed by atoms with Crippen molar-refractivity contribution in [3.8, 4) is 0 Å². The maximum atomic E-state index is 5.90. The van der Waals surface area contributed by atoms with E-state index in [1.165, 1.54) is 12.8 Å². The highest BCUT2D eigenvalue weighted by molar-refractivity contribution is 5.98. The summed E-state index contributed by atoms with van der Waals surface area (Å²) in [6, 6.07) is 7.98. The van der Waals surface area contributed by atoms with Gasteiger partial charge in [-0.25, -0.2) is 0 Å². The van der Waals surface area contributed by atoms with E-state index in [0.29, 0.717) is 0 Å². The molecule has 1 aromatic heterocycles. The van der Waals surface area contributed by atoms with Crippen LogP contribution in [-0.4, -0.2) is 11.5 Å². The van der Waals surface area contributed by atoms with Gasteiger partial charge in [0.1, 0.15) is 0 Å². The van der Waals surface area contributed by atoms with Crippen molar-refractivity contribution in [3.63, 3.8) is 0 Å². The quantitative estimate of drug-likeness (QED) is 0.771. The van der Waals surface area contributed by atoms with Gasteiger partial charge in [0, 0.05) is 23.8 Å². The number of nitrogen functional groups attached to an aromatic ring is 1. The molecule has 0 spiro atoms. The first-order chi connectivity index (χ1) is 7.84. The Morgan fingerprint density at radius 3 is 3.00 bits per heavy atom. The zero-order valence-corrected chi connectivity index (χ0v) is 9.11. The van der Waals surface area contributed by atoms with Gasteiger partial charge in [0.2, 0.25) is 0 Å². The van der Waals surface area contributed by atoms with Gasteiger partial charge in [-0.3, -0.25) is 4.98 Å². The Balaban J connectivity index is 1.99. The van der Waals surface area contributed by atoms with Crippen molar-refractivity contribution < 1.29 is 0 Å². The molecule has 0 atom stereocenters. The Labute approximate surface area is 94.7 Å². The molecule has 1 aliphatic carbocycles. The number of rotatable bonds is 3. The predicted molar refractivity (Wildman–Crippen MR) is 67.4 cm³/mol. The molecule has 0 bridgehead atoms. The van der Waals surface area contributed by atoms with Crippen molar-refractivity contribution in [3.05, 3.63) is 30.5 Å². The Kier molecular flexibility index (Phi) is 2.17. The largest absolute Gasteiger partial charge is 0.397 e. The van der Waals surface area contributed by atoms with Crippen molar-refractivity contribution in [2.45, 2.75) is 12.8 Å². The molecule has 1 aromatic carbocycles. The van der Waals surface area contributed by atoms with E-state index in [2.05, 4.69) is 16.4 Å². The molecule has 0 radical (unpaired) electrons. The van der Waals surface area contributed by atoms with E-state index in [-0.39, 0.29) is 0 Å². The molecule has 82 valence electrons. The molecule has 2 aromatic rings. The van der Waals surface area contributed by atoms with Crippen LogP contribution in [0.4, 0.5) is 11.4 Å². The molecule has 1 aliphatic rings. The first kappa shape index (κ1) is 9.46. The lowest BCUT2D eigenvalue weighted by molar-refractivity contribution is 0.890. The van der Waals surface area contributed by atoms with E-state index < -0.39 is 0 Å². The summed E-state index contributed by atoms with van der Waals surface area (Å²) in [6.45, 7) is 1.06. The molecule has 16 heavy (non-hydrogen) atoms. The van der Waals surface area contributed by atoms with Crippen LogP contribution in [0.5, 0.6) is 0 Å². The lowest BCUT2D eigenvalue weighted by Crippen LogP contribution is -2.04. The fraction of sp³-hybridized carbons (Fsp3) is 0.308. The Bertz CT molecular complexity index is 518. The fourth-order valence-electron chi connectivity index (χ4n) is 1.92. The summed E-state index contributed by atoms with van der Waals surface area (Å²) in [5.74, 6) is 0.865. The SMILES string of the molecule is Nc1ccc(NCC2CC2)c2cccnc12. The van der Waals surface area contributed by atoms with E-state index in [1.54, 1.807) is 6.20 Å². The maximum Gasteiger partial charge on any atom is 0.0951 e. The number of nitrogens with two attached hydrogens (primary N) is 1. The average molecular weight is 213 g/mol. The van der Waals surface area contributed by atoms with Crippen molar-refractivity contribution in [2.75, 3.05) is 17.6 Å².